The van der Waals surface area contributed by atoms with Gasteiger partial charge in [-0.15, -0.1) is 0 Å². The standard InChI is InChI=1S/C9H11FN6O4/c1-4-13-5(18)2-12-16(4)8-6(10)7(19)9(3-17,20-8)14-15-11/h2,6-8,17,19H,1,3H2,(H,13,18). The van der Waals surface area contributed by atoms with E-state index >= 15 is 0 Å². The number of nitrogens with zero attached hydrogens (tertiary/aromatic N) is 5. The molecule has 1 saturated heterocycles. The minimum Gasteiger partial charge on any atom is -0.393 e. The molecule has 4 unspecified atom stereocenters. The van der Waals surface area contributed by atoms with E-state index in [9.17, 15) is 19.4 Å². The Morgan fingerprint density at radius 1 is 1.80 bits per heavy atom. The van der Waals surface area contributed by atoms with E-state index in [1.54, 1.807) is 0 Å². The summed E-state index contributed by atoms with van der Waals surface area (Å²) in [7, 11) is 0. The summed E-state index contributed by atoms with van der Waals surface area (Å²) in [5, 5.41) is 28.8. The molecule has 108 valence electrons. The van der Waals surface area contributed by atoms with E-state index in [1.807, 2.05) is 0 Å². The summed E-state index contributed by atoms with van der Waals surface area (Å²) < 4.78 is 19.2. The predicted molar refractivity (Wildman–Crippen MR) is 62.4 cm³/mol. The van der Waals surface area contributed by atoms with Gasteiger partial charge in [0.2, 0.25) is 5.72 Å². The van der Waals surface area contributed by atoms with Crippen LogP contribution in [0.5, 0.6) is 0 Å². The van der Waals surface area contributed by atoms with Crippen LogP contribution in [0.2, 0.25) is 0 Å². The summed E-state index contributed by atoms with van der Waals surface area (Å²) in [5.74, 6) is -0.629. The molecule has 2 rings (SSSR count). The predicted octanol–water partition coefficient (Wildman–Crippen LogP) is -1.07. The number of aliphatic hydroxyl groups excluding tert-OH is 2. The third kappa shape index (κ3) is 2.08. The van der Waals surface area contributed by atoms with Crippen molar-refractivity contribution >= 4 is 12.1 Å². The largest absolute Gasteiger partial charge is 0.393 e. The van der Waals surface area contributed by atoms with E-state index in [4.69, 9.17) is 10.3 Å². The quantitative estimate of drug-likeness (QED) is 0.344. The molecule has 2 aliphatic rings. The fraction of sp³-hybridized carbons (Fsp3) is 0.556. The first-order valence-electron chi connectivity index (χ1n) is 5.45. The second-order valence-corrected chi connectivity index (χ2v) is 4.12. The number of ether oxygens (including phenoxy) is 1. The van der Waals surface area contributed by atoms with E-state index in [2.05, 4.69) is 27.0 Å². The van der Waals surface area contributed by atoms with E-state index in [0.29, 0.717) is 0 Å². The Hall–Kier alpha value is -2.20. The number of hydrazone groups is 1. The maximum absolute atomic E-state index is 14.1. The third-order valence-electron chi connectivity index (χ3n) is 2.89. The summed E-state index contributed by atoms with van der Waals surface area (Å²) in [5.41, 5.74) is 6.27. The average Bonchev–Trinajstić information content (AvgIpc) is 2.65. The molecule has 2 aliphatic heterocycles. The normalized spacial score (nSPS) is 36.8. The third-order valence-corrected chi connectivity index (χ3v) is 2.89. The lowest BCUT2D eigenvalue weighted by molar-refractivity contribution is -0.140. The van der Waals surface area contributed by atoms with Gasteiger partial charge < -0.3 is 20.3 Å². The number of rotatable bonds is 3. The van der Waals surface area contributed by atoms with Crippen molar-refractivity contribution in [3.63, 3.8) is 0 Å². The van der Waals surface area contributed by atoms with Gasteiger partial charge in [0.05, 0.1) is 6.61 Å². The number of nitrogens with one attached hydrogen (secondary N) is 1. The molecule has 0 aromatic carbocycles. The fourth-order valence-corrected chi connectivity index (χ4v) is 1.89. The van der Waals surface area contributed by atoms with Crippen LogP contribution in [0.3, 0.4) is 0 Å². The number of carbonyl (C=O) groups excluding carboxylic acids is 1. The first-order valence-corrected chi connectivity index (χ1v) is 5.45. The maximum Gasteiger partial charge on any atom is 0.269 e. The number of aliphatic hydroxyl groups is 2. The van der Waals surface area contributed by atoms with Crippen molar-refractivity contribution in [2.24, 2.45) is 10.2 Å². The molecule has 20 heavy (non-hydrogen) atoms. The molecule has 0 saturated carbocycles. The zero-order valence-corrected chi connectivity index (χ0v) is 10.0. The second kappa shape index (κ2) is 5.06. The SMILES string of the molecule is C=C1NC(=O)C=NN1C1OC(CO)(N=[N+]=[N-])C(O)C1F. The fourth-order valence-electron chi connectivity index (χ4n) is 1.89. The summed E-state index contributed by atoms with van der Waals surface area (Å²) in [6.07, 6.45) is -4.58. The molecule has 1 amide bonds. The van der Waals surface area contributed by atoms with Gasteiger partial charge >= 0.3 is 0 Å². The van der Waals surface area contributed by atoms with Crippen LogP contribution in [-0.2, 0) is 9.53 Å². The van der Waals surface area contributed by atoms with Crippen molar-refractivity contribution in [2.75, 3.05) is 6.61 Å². The molecule has 0 bridgehead atoms. The second-order valence-electron chi connectivity index (χ2n) is 4.12. The Bertz CT molecular complexity index is 521. The van der Waals surface area contributed by atoms with Gasteiger partial charge in [0, 0.05) is 4.91 Å². The topological polar surface area (TPSA) is 143 Å². The van der Waals surface area contributed by atoms with E-state index in [-0.39, 0.29) is 5.82 Å². The molecule has 0 radical (unpaired) electrons. The number of alkyl halides is 1. The van der Waals surface area contributed by atoms with Crippen molar-refractivity contribution in [3.8, 4) is 0 Å². The Morgan fingerprint density at radius 2 is 2.50 bits per heavy atom. The minimum absolute atomic E-state index is 0.0768. The van der Waals surface area contributed by atoms with Crippen LogP contribution in [0.25, 0.3) is 10.4 Å². The zero-order chi connectivity index (χ0) is 14.9. The van der Waals surface area contributed by atoms with Crippen molar-refractivity contribution in [3.05, 3.63) is 22.8 Å². The molecule has 3 N–H and O–H groups in total. The number of amides is 1. The van der Waals surface area contributed by atoms with Crippen LogP contribution in [0.1, 0.15) is 0 Å². The molecule has 0 spiro atoms. The van der Waals surface area contributed by atoms with Gasteiger partial charge in [0.1, 0.15) is 18.1 Å². The van der Waals surface area contributed by atoms with Gasteiger partial charge in [-0.05, 0) is 5.53 Å². The Labute approximate surface area is 111 Å². The summed E-state index contributed by atoms with van der Waals surface area (Å²) in [4.78, 5) is 13.4. The highest BCUT2D eigenvalue weighted by Gasteiger charge is 2.57. The average molecular weight is 286 g/mol. The lowest BCUT2D eigenvalue weighted by atomic mass is 10.1. The molecule has 4 atom stereocenters. The zero-order valence-electron chi connectivity index (χ0n) is 10.0. The first-order chi connectivity index (χ1) is 9.45. The highest BCUT2D eigenvalue weighted by Crippen LogP contribution is 2.37. The summed E-state index contributed by atoms with van der Waals surface area (Å²) >= 11 is 0. The number of hydrogen-bond donors (Lipinski definition) is 3. The highest BCUT2D eigenvalue weighted by molar-refractivity contribution is 6.27. The van der Waals surface area contributed by atoms with Crippen molar-refractivity contribution in [2.45, 2.75) is 24.2 Å². The van der Waals surface area contributed by atoms with Gasteiger partial charge in [-0.2, -0.15) is 5.10 Å². The first kappa shape index (κ1) is 14.2. The molecule has 0 aromatic heterocycles. The van der Waals surface area contributed by atoms with Crippen molar-refractivity contribution in [1.82, 2.24) is 10.3 Å². The Balaban J connectivity index is 2.31. The summed E-state index contributed by atoms with van der Waals surface area (Å²) in [6.45, 7) is 2.53. The Morgan fingerprint density at radius 3 is 3.05 bits per heavy atom. The molecule has 11 heteroatoms. The van der Waals surface area contributed by atoms with Crippen molar-refractivity contribution in [1.29, 1.82) is 0 Å². The maximum atomic E-state index is 14.1. The van der Waals surface area contributed by atoms with Crippen molar-refractivity contribution < 1.29 is 24.1 Å². The molecule has 0 aliphatic carbocycles. The van der Waals surface area contributed by atoms with Gasteiger partial charge in [0.25, 0.3) is 5.91 Å². The smallest absolute Gasteiger partial charge is 0.269 e. The van der Waals surface area contributed by atoms with Gasteiger partial charge in [-0.3, -0.25) is 4.79 Å². The van der Waals surface area contributed by atoms with Crippen LogP contribution >= 0.6 is 0 Å². The Kier molecular flexibility index (Phi) is 3.59. The minimum atomic E-state index is -2.16. The van der Waals surface area contributed by atoms with Crippen LogP contribution in [0, 0.1) is 0 Å². The van der Waals surface area contributed by atoms with Gasteiger partial charge in [-0.25, -0.2) is 9.40 Å². The molecule has 10 nitrogen and oxygen atoms in total. The molecule has 2 heterocycles. The molecule has 1 fully saturated rings. The van der Waals surface area contributed by atoms with Crippen LogP contribution in [0.4, 0.5) is 4.39 Å². The lowest BCUT2D eigenvalue weighted by Gasteiger charge is -2.30. The van der Waals surface area contributed by atoms with Gasteiger partial charge in [-0.1, -0.05) is 11.7 Å². The monoisotopic (exact) mass is 286 g/mol. The van der Waals surface area contributed by atoms with Crippen LogP contribution < -0.4 is 5.32 Å². The van der Waals surface area contributed by atoms with Crippen LogP contribution in [0.15, 0.2) is 22.6 Å². The number of carbonyl (C=O) groups is 1. The van der Waals surface area contributed by atoms with E-state index < -0.39 is 36.7 Å². The summed E-state index contributed by atoms with van der Waals surface area (Å²) in [6, 6.07) is 0. The van der Waals surface area contributed by atoms with Crippen LogP contribution in [-0.4, -0.2) is 58.2 Å². The molecular weight excluding hydrogens is 275 g/mol. The molecule has 0 aromatic rings. The van der Waals surface area contributed by atoms with E-state index in [0.717, 1.165) is 11.2 Å². The number of halogens is 1. The van der Waals surface area contributed by atoms with E-state index in [1.165, 1.54) is 0 Å². The van der Waals surface area contributed by atoms with Gasteiger partial charge in [0.15, 0.2) is 12.4 Å². The lowest BCUT2D eigenvalue weighted by Crippen LogP contribution is -2.46. The number of azide groups is 1. The highest BCUT2D eigenvalue weighted by atomic mass is 19.1. The number of hydrogen-bond acceptors (Lipinski definition) is 7. The molecular formula is C9H11FN6O4.